The Kier molecular flexibility index (Phi) is 11.1. The number of nitrogens with zero attached hydrogens (tertiary/aromatic N) is 2. The van der Waals surface area contributed by atoms with Crippen LogP contribution in [-0.4, -0.2) is 40.6 Å². The van der Waals surface area contributed by atoms with Crippen LogP contribution in [0.3, 0.4) is 0 Å². The summed E-state index contributed by atoms with van der Waals surface area (Å²) in [6, 6.07) is 14.7. The van der Waals surface area contributed by atoms with Gasteiger partial charge in [-0.25, -0.2) is 9.59 Å². The van der Waals surface area contributed by atoms with E-state index in [0.29, 0.717) is 48.2 Å². The molecule has 2 aromatic heterocycles. The highest BCUT2D eigenvalue weighted by Crippen LogP contribution is 2.39. The van der Waals surface area contributed by atoms with Crippen molar-refractivity contribution < 1.29 is 33.6 Å². The molecule has 4 rings (SSSR count). The molecule has 0 saturated heterocycles. The second kappa shape index (κ2) is 15.3. The summed E-state index contributed by atoms with van der Waals surface area (Å²) in [4.78, 5) is 33.7. The zero-order chi connectivity index (χ0) is 29.7. The van der Waals surface area contributed by atoms with Gasteiger partial charge in [-0.1, -0.05) is 36.4 Å². The topological polar surface area (TPSA) is 129 Å². The number of allylic oxidation sites excluding steroid dienone is 2. The number of nitrogens with one attached hydrogen (secondary N) is 1. The van der Waals surface area contributed by atoms with Gasteiger partial charge in [-0.3, -0.25) is 9.97 Å². The lowest BCUT2D eigenvalue weighted by molar-refractivity contribution is 0.0602. The van der Waals surface area contributed by atoms with E-state index in [0.717, 1.165) is 11.1 Å². The van der Waals surface area contributed by atoms with E-state index >= 15 is 0 Å². The number of hydrogen-bond acceptors (Lipinski definition) is 10. The van der Waals surface area contributed by atoms with Gasteiger partial charge >= 0.3 is 12.3 Å². The van der Waals surface area contributed by atoms with Crippen molar-refractivity contribution in [1.29, 1.82) is 0 Å². The van der Waals surface area contributed by atoms with Gasteiger partial charge in [0.15, 0.2) is 0 Å². The zero-order valence-electron chi connectivity index (χ0n) is 23.7. The predicted molar refractivity (Wildman–Crippen MR) is 154 cm³/mol. The predicted octanol–water partition coefficient (Wildman–Crippen LogP) is 5.69. The lowest BCUT2D eigenvalue weighted by Crippen LogP contribution is -2.29. The van der Waals surface area contributed by atoms with Crippen LogP contribution in [0.1, 0.15) is 54.9 Å². The molecule has 0 amide bonds. The van der Waals surface area contributed by atoms with Crippen LogP contribution in [0, 0.1) is 0 Å². The number of aryl methyl sites for hydroxylation is 2. The summed E-state index contributed by atoms with van der Waals surface area (Å²) < 4.78 is 22.1. The molecule has 0 saturated carbocycles. The maximum Gasteiger partial charge on any atom is 0.513 e. The van der Waals surface area contributed by atoms with Crippen LogP contribution in [-0.2, 0) is 38.4 Å². The van der Waals surface area contributed by atoms with Gasteiger partial charge in [-0.05, 0) is 73.9 Å². The van der Waals surface area contributed by atoms with Crippen molar-refractivity contribution in [2.24, 2.45) is 0 Å². The minimum Gasteiger partial charge on any atom is -0.434 e. The van der Waals surface area contributed by atoms with E-state index < -0.39 is 18.2 Å². The van der Waals surface area contributed by atoms with E-state index in [4.69, 9.17) is 18.9 Å². The van der Waals surface area contributed by atoms with Crippen LogP contribution in [0.5, 0.6) is 0 Å². The first-order valence-corrected chi connectivity index (χ1v) is 13.8. The number of ether oxygens (including phenoxy) is 4. The molecule has 10 nitrogen and oxygen atoms in total. The number of carbonyl (C=O) groups excluding carboxylic acids is 2. The Bertz CT molecular complexity index is 1310. The molecule has 2 N–H and O–H groups in total. The number of hydrogen-bond donors (Lipinski definition) is 2. The molecule has 1 aliphatic rings. The van der Waals surface area contributed by atoms with Gasteiger partial charge in [-0.15, -0.1) is 0 Å². The van der Waals surface area contributed by atoms with E-state index in [1.54, 1.807) is 62.9 Å². The van der Waals surface area contributed by atoms with E-state index in [1.165, 1.54) is 0 Å². The van der Waals surface area contributed by atoms with Gasteiger partial charge in [0.05, 0.1) is 31.2 Å². The maximum absolute atomic E-state index is 12.7. The Balaban J connectivity index is 1.42. The summed E-state index contributed by atoms with van der Waals surface area (Å²) >= 11 is 0. The van der Waals surface area contributed by atoms with Crippen LogP contribution in [0.2, 0.25) is 0 Å². The van der Waals surface area contributed by atoms with Crippen LogP contribution < -0.4 is 5.32 Å². The maximum atomic E-state index is 12.7. The SMILES string of the molecule is CC1=C(OC(=O)OCCCc2cccnc2)C(c2ccc(CO)cc2)C(OC(=O)OCCCc2cccnc2)=C(C)N1. The van der Waals surface area contributed by atoms with Crippen molar-refractivity contribution in [3.8, 4) is 0 Å². The van der Waals surface area contributed by atoms with Crippen LogP contribution in [0.25, 0.3) is 0 Å². The molecule has 0 aliphatic carbocycles. The Morgan fingerprint density at radius 3 is 1.69 bits per heavy atom. The van der Waals surface area contributed by atoms with Gasteiger partial charge in [0.25, 0.3) is 0 Å². The number of aliphatic hydroxyl groups is 1. The largest absolute Gasteiger partial charge is 0.513 e. The smallest absolute Gasteiger partial charge is 0.434 e. The second-order valence-corrected chi connectivity index (χ2v) is 9.77. The average Bonchev–Trinajstić information content (AvgIpc) is 3.01. The Morgan fingerprint density at radius 1 is 0.762 bits per heavy atom. The molecule has 1 aromatic carbocycles. The lowest BCUT2D eigenvalue weighted by Gasteiger charge is -2.30. The third-order valence-electron chi connectivity index (χ3n) is 6.63. The molecule has 0 atom stereocenters. The Hall–Kier alpha value is -4.70. The molecule has 0 radical (unpaired) electrons. The number of aliphatic hydroxyl groups excluding tert-OH is 1. The number of carbonyl (C=O) groups is 2. The minimum atomic E-state index is -0.869. The second-order valence-electron chi connectivity index (χ2n) is 9.77. The number of rotatable bonds is 12. The molecule has 3 aromatic rings. The highest BCUT2D eigenvalue weighted by Gasteiger charge is 2.35. The van der Waals surface area contributed by atoms with Gasteiger partial charge in [0.2, 0.25) is 0 Å². The zero-order valence-corrected chi connectivity index (χ0v) is 23.7. The summed E-state index contributed by atoms with van der Waals surface area (Å²) in [5, 5.41) is 12.6. The van der Waals surface area contributed by atoms with E-state index in [2.05, 4.69) is 15.3 Å². The Labute approximate surface area is 245 Å². The van der Waals surface area contributed by atoms with Crippen LogP contribution in [0.15, 0.2) is 96.2 Å². The third-order valence-corrected chi connectivity index (χ3v) is 6.63. The summed E-state index contributed by atoms with van der Waals surface area (Å²) in [5.41, 5.74) is 4.61. The summed E-state index contributed by atoms with van der Waals surface area (Å²) in [5.74, 6) is -0.284. The molecule has 3 heterocycles. The number of pyridine rings is 2. The molecule has 1 aliphatic heterocycles. The summed E-state index contributed by atoms with van der Waals surface area (Å²) in [6.45, 7) is 3.72. The lowest BCUT2D eigenvalue weighted by atomic mass is 9.90. The first kappa shape index (κ1) is 30.3. The fraction of sp³-hybridized carbons (Fsp3) is 0.312. The van der Waals surface area contributed by atoms with Gasteiger partial charge in [0.1, 0.15) is 17.4 Å². The Morgan fingerprint density at radius 2 is 1.26 bits per heavy atom. The van der Waals surface area contributed by atoms with Crippen molar-refractivity contribution in [2.45, 2.75) is 52.1 Å². The first-order valence-electron chi connectivity index (χ1n) is 13.8. The van der Waals surface area contributed by atoms with E-state index in [1.807, 2.05) is 24.3 Å². The van der Waals surface area contributed by atoms with Crippen molar-refractivity contribution >= 4 is 12.3 Å². The van der Waals surface area contributed by atoms with Gasteiger partial charge < -0.3 is 29.4 Å². The quantitative estimate of drug-likeness (QED) is 0.206. The molecule has 220 valence electrons. The first-order chi connectivity index (χ1) is 20.4. The highest BCUT2D eigenvalue weighted by molar-refractivity contribution is 5.65. The molecule has 0 unspecified atom stereocenters. The van der Waals surface area contributed by atoms with Crippen LogP contribution >= 0.6 is 0 Å². The van der Waals surface area contributed by atoms with Crippen molar-refractivity contribution in [2.75, 3.05) is 13.2 Å². The standard InChI is InChI=1S/C32H35N3O7/c1-22-29(41-31(37)39-17-5-9-24-7-3-15-33-19-24)28(27-13-11-26(21-36)12-14-27)30(23(2)35-22)42-32(38)40-18-6-10-25-8-4-16-34-20-25/h3-4,7-8,11-16,19-20,28,35-36H,5-6,9-10,17-18,21H2,1-2H3. The average molecular weight is 574 g/mol. The van der Waals surface area contributed by atoms with Gasteiger partial charge in [-0.2, -0.15) is 0 Å². The van der Waals surface area contributed by atoms with Gasteiger partial charge in [0, 0.05) is 24.8 Å². The molecular formula is C32H35N3O7. The molecule has 42 heavy (non-hydrogen) atoms. The minimum absolute atomic E-state index is 0.125. The van der Waals surface area contributed by atoms with Crippen molar-refractivity contribution in [1.82, 2.24) is 15.3 Å². The molecule has 0 fully saturated rings. The number of dihydropyridines is 1. The molecule has 0 spiro atoms. The fourth-order valence-corrected chi connectivity index (χ4v) is 4.54. The fourth-order valence-electron chi connectivity index (χ4n) is 4.54. The summed E-state index contributed by atoms with van der Waals surface area (Å²) in [7, 11) is 0. The van der Waals surface area contributed by atoms with Crippen molar-refractivity contribution in [3.05, 3.63) is 118 Å². The van der Waals surface area contributed by atoms with E-state index in [9.17, 15) is 14.7 Å². The molecule has 0 bridgehead atoms. The molecular weight excluding hydrogens is 538 g/mol. The molecule has 10 heteroatoms. The normalized spacial score (nSPS) is 13.4. The number of aromatic nitrogens is 2. The summed E-state index contributed by atoms with van der Waals surface area (Å²) in [6.07, 6.45) is 7.82. The van der Waals surface area contributed by atoms with E-state index in [-0.39, 0.29) is 31.3 Å². The van der Waals surface area contributed by atoms with Crippen LogP contribution in [0.4, 0.5) is 9.59 Å². The monoisotopic (exact) mass is 573 g/mol. The van der Waals surface area contributed by atoms with Crippen molar-refractivity contribution in [3.63, 3.8) is 0 Å². The number of benzene rings is 1. The third kappa shape index (κ3) is 8.65. The highest BCUT2D eigenvalue weighted by atomic mass is 16.7.